The Morgan fingerprint density at radius 3 is 1.95 bits per heavy atom. The van der Waals surface area contributed by atoms with Gasteiger partial charge in [-0.2, -0.15) is 22.7 Å². The summed E-state index contributed by atoms with van der Waals surface area (Å²) < 4.78 is 0. The summed E-state index contributed by atoms with van der Waals surface area (Å²) in [5.74, 6) is 0.192. The van der Waals surface area contributed by atoms with Gasteiger partial charge in [0.2, 0.25) is 0 Å². The van der Waals surface area contributed by atoms with Gasteiger partial charge in [0.05, 0.1) is 0 Å². The van der Waals surface area contributed by atoms with Crippen LogP contribution in [0.2, 0.25) is 0 Å². The second kappa shape index (κ2) is 6.52. The Morgan fingerprint density at radius 1 is 1.05 bits per heavy atom. The zero-order valence-corrected chi connectivity index (χ0v) is 13.5. The van der Waals surface area contributed by atoms with Crippen LogP contribution in [-0.2, 0) is 4.79 Å². The molecular formula is C17H17NOS2. The van der Waals surface area contributed by atoms with Crippen LogP contribution in [-0.4, -0.2) is 30.3 Å². The number of piperidine rings is 1. The highest BCUT2D eigenvalue weighted by molar-refractivity contribution is 7.08. The summed E-state index contributed by atoms with van der Waals surface area (Å²) in [7, 11) is 0. The van der Waals surface area contributed by atoms with Gasteiger partial charge in [-0.05, 0) is 63.5 Å². The summed E-state index contributed by atoms with van der Waals surface area (Å²) in [6.07, 6.45) is 4.06. The topological polar surface area (TPSA) is 20.3 Å². The van der Waals surface area contributed by atoms with Crippen molar-refractivity contribution in [1.29, 1.82) is 0 Å². The van der Waals surface area contributed by atoms with Crippen molar-refractivity contribution in [2.75, 3.05) is 19.6 Å². The van der Waals surface area contributed by atoms with E-state index in [9.17, 15) is 4.79 Å². The molecule has 0 unspecified atom stereocenters. The molecule has 0 bridgehead atoms. The van der Waals surface area contributed by atoms with E-state index in [0.717, 1.165) is 41.9 Å². The van der Waals surface area contributed by atoms with Gasteiger partial charge in [-0.25, -0.2) is 0 Å². The van der Waals surface area contributed by atoms with E-state index in [2.05, 4.69) is 34.7 Å². The number of ketones is 1. The molecule has 1 fully saturated rings. The van der Waals surface area contributed by atoms with Crippen LogP contribution in [0.15, 0.2) is 44.8 Å². The maximum Gasteiger partial charge on any atom is 0.187 e. The predicted molar refractivity (Wildman–Crippen MR) is 91.7 cm³/mol. The molecule has 0 aliphatic carbocycles. The largest absolute Gasteiger partial charge is 0.295 e. The first kappa shape index (κ1) is 14.4. The van der Waals surface area contributed by atoms with Gasteiger partial charge in [0.25, 0.3) is 0 Å². The second-order valence-corrected chi connectivity index (χ2v) is 6.64. The van der Waals surface area contributed by atoms with E-state index in [1.54, 1.807) is 22.7 Å². The number of carbonyl (C=O) groups excluding carboxylic acids is 1. The van der Waals surface area contributed by atoms with Crippen LogP contribution < -0.4 is 0 Å². The molecule has 0 aromatic carbocycles. The number of rotatable bonds is 3. The fraction of sp³-hybridized carbons (Fsp3) is 0.235. The van der Waals surface area contributed by atoms with Crippen molar-refractivity contribution >= 4 is 40.6 Å². The molecule has 108 valence electrons. The Hall–Kier alpha value is -1.49. The molecule has 1 aliphatic heterocycles. The van der Waals surface area contributed by atoms with Crippen LogP contribution in [0, 0.1) is 0 Å². The van der Waals surface area contributed by atoms with Crippen molar-refractivity contribution in [2.45, 2.75) is 6.92 Å². The van der Waals surface area contributed by atoms with Crippen molar-refractivity contribution in [3.63, 3.8) is 0 Å². The van der Waals surface area contributed by atoms with E-state index in [4.69, 9.17) is 0 Å². The van der Waals surface area contributed by atoms with Gasteiger partial charge in [-0.3, -0.25) is 9.69 Å². The average molecular weight is 315 g/mol. The summed E-state index contributed by atoms with van der Waals surface area (Å²) in [5.41, 5.74) is 4.03. The molecule has 2 aromatic rings. The van der Waals surface area contributed by atoms with Gasteiger partial charge in [0.15, 0.2) is 5.78 Å². The second-order valence-electron chi connectivity index (χ2n) is 5.08. The van der Waals surface area contributed by atoms with Crippen molar-refractivity contribution in [3.8, 4) is 0 Å². The lowest BCUT2D eigenvalue weighted by Gasteiger charge is -2.28. The highest BCUT2D eigenvalue weighted by atomic mass is 32.1. The van der Waals surface area contributed by atoms with Crippen molar-refractivity contribution in [2.24, 2.45) is 0 Å². The molecule has 0 spiro atoms. The van der Waals surface area contributed by atoms with Gasteiger partial charge < -0.3 is 0 Å². The molecule has 0 saturated carbocycles. The van der Waals surface area contributed by atoms with Gasteiger partial charge in [-0.15, -0.1) is 0 Å². The van der Waals surface area contributed by atoms with Crippen LogP contribution in [0.4, 0.5) is 0 Å². The molecule has 0 amide bonds. The summed E-state index contributed by atoms with van der Waals surface area (Å²) >= 11 is 3.32. The van der Waals surface area contributed by atoms with Crippen LogP contribution in [0.1, 0.15) is 18.1 Å². The van der Waals surface area contributed by atoms with Gasteiger partial charge >= 0.3 is 0 Å². The minimum atomic E-state index is 0.192. The maximum atomic E-state index is 12.7. The van der Waals surface area contributed by atoms with Gasteiger partial charge in [0, 0.05) is 24.2 Å². The van der Waals surface area contributed by atoms with Crippen LogP contribution in [0.25, 0.3) is 12.2 Å². The number of hydrogen-bond acceptors (Lipinski definition) is 4. The first-order valence-electron chi connectivity index (χ1n) is 6.99. The molecule has 3 rings (SSSR count). The normalized spacial score (nSPS) is 20.5. The minimum Gasteiger partial charge on any atom is -0.295 e. The summed E-state index contributed by atoms with van der Waals surface area (Å²) in [4.78, 5) is 15.0. The van der Waals surface area contributed by atoms with E-state index in [1.807, 2.05) is 22.9 Å². The third kappa shape index (κ3) is 3.40. The molecule has 0 radical (unpaired) electrons. The van der Waals surface area contributed by atoms with Crippen molar-refractivity contribution < 1.29 is 4.79 Å². The lowest BCUT2D eigenvalue weighted by Crippen LogP contribution is -2.37. The summed E-state index contributed by atoms with van der Waals surface area (Å²) in [6.45, 7) is 4.58. The zero-order chi connectivity index (χ0) is 14.7. The lowest BCUT2D eigenvalue weighted by molar-refractivity contribution is -0.113. The highest BCUT2D eigenvalue weighted by Crippen LogP contribution is 2.23. The molecular weight excluding hydrogens is 298 g/mol. The quantitative estimate of drug-likeness (QED) is 0.792. The van der Waals surface area contributed by atoms with E-state index in [1.165, 1.54) is 0 Å². The van der Waals surface area contributed by atoms with Crippen LogP contribution in [0.3, 0.4) is 0 Å². The average Bonchev–Trinajstić information content (AvgIpc) is 3.16. The van der Waals surface area contributed by atoms with Crippen LogP contribution >= 0.6 is 22.7 Å². The fourth-order valence-electron chi connectivity index (χ4n) is 2.45. The fourth-order valence-corrected chi connectivity index (χ4v) is 3.69. The molecule has 3 heterocycles. The van der Waals surface area contributed by atoms with Gasteiger partial charge in [0.1, 0.15) is 0 Å². The Balaban J connectivity index is 1.93. The summed E-state index contributed by atoms with van der Waals surface area (Å²) in [6, 6.07) is 4.11. The number of likely N-dealkylation sites (N-methyl/N-ethyl adjacent to an activating group) is 1. The van der Waals surface area contributed by atoms with Crippen LogP contribution in [0.5, 0.6) is 0 Å². The smallest absolute Gasteiger partial charge is 0.187 e. The van der Waals surface area contributed by atoms with Crippen molar-refractivity contribution in [3.05, 3.63) is 55.9 Å². The Labute approximate surface area is 133 Å². The van der Waals surface area contributed by atoms with Gasteiger partial charge in [-0.1, -0.05) is 6.92 Å². The summed E-state index contributed by atoms with van der Waals surface area (Å²) in [5, 5.41) is 8.24. The molecule has 1 saturated heterocycles. The first-order valence-corrected chi connectivity index (χ1v) is 8.87. The van der Waals surface area contributed by atoms with E-state index < -0.39 is 0 Å². The number of nitrogens with zero attached hydrogens (tertiary/aromatic N) is 1. The van der Waals surface area contributed by atoms with Crippen molar-refractivity contribution in [1.82, 2.24) is 4.90 Å². The minimum absolute atomic E-state index is 0.192. The molecule has 4 heteroatoms. The lowest BCUT2D eigenvalue weighted by atomic mass is 9.95. The number of Topliss-reactive ketones (excluding diaryl/α,β-unsaturated/α-hetero) is 1. The standard InChI is InChI=1S/C17H17NOS2/c1-2-18-9-15(7-13-3-5-20-11-13)17(19)16(10-18)8-14-4-6-21-12-14/h3-8,11-12H,2,9-10H2,1H3. The van der Waals surface area contributed by atoms with E-state index in [-0.39, 0.29) is 5.78 Å². The Kier molecular flexibility index (Phi) is 4.48. The third-order valence-electron chi connectivity index (χ3n) is 3.59. The number of likely N-dealkylation sites (tertiary alicyclic amines) is 1. The number of carbonyl (C=O) groups is 1. The SMILES string of the molecule is CCN1CC(=Cc2ccsc2)C(=O)C(=Cc2ccsc2)C1. The van der Waals surface area contributed by atoms with E-state index >= 15 is 0 Å². The molecule has 2 nitrogen and oxygen atoms in total. The monoisotopic (exact) mass is 315 g/mol. The highest BCUT2D eigenvalue weighted by Gasteiger charge is 2.25. The molecule has 0 atom stereocenters. The zero-order valence-electron chi connectivity index (χ0n) is 11.9. The predicted octanol–water partition coefficient (Wildman–Crippen LogP) is 4.18. The molecule has 21 heavy (non-hydrogen) atoms. The number of hydrogen-bond donors (Lipinski definition) is 0. The Bertz CT molecular complexity index is 609. The Morgan fingerprint density at radius 2 is 1.57 bits per heavy atom. The van der Waals surface area contributed by atoms with E-state index in [0.29, 0.717) is 0 Å². The third-order valence-corrected chi connectivity index (χ3v) is 4.99. The molecule has 2 aromatic heterocycles. The number of thiophene rings is 2. The maximum absolute atomic E-state index is 12.7. The first-order chi connectivity index (χ1) is 10.3. The molecule has 0 N–H and O–H groups in total. The molecule has 1 aliphatic rings.